The zero-order valence-corrected chi connectivity index (χ0v) is 20.2. The molecule has 6 nitrogen and oxygen atoms in total. The zero-order valence-electron chi connectivity index (χ0n) is 18.6. The molecule has 3 aromatic rings. The lowest BCUT2D eigenvalue weighted by Gasteiger charge is -2.21. The molecule has 9 heteroatoms. The molecule has 2 N–H and O–H groups in total. The summed E-state index contributed by atoms with van der Waals surface area (Å²) in [6, 6.07) is 12.7. The van der Waals surface area contributed by atoms with Gasteiger partial charge in [0.1, 0.15) is 12.1 Å². The first-order valence-corrected chi connectivity index (χ1v) is 11.2. The molecule has 0 radical (unpaired) electrons. The second-order valence-electron chi connectivity index (χ2n) is 8.02. The molecular formula is C24H26BrF2N5O. The molecule has 0 bridgehead atoms. The first-order valence-electron chi connectivity index (χ1n) is 10.4. The van der Waals surface area contributed by atoms with Gasteiger partial charge in [-0.2, -0.15) is 0 Å². The Morgan fingerprint density at radius 3 is 2.70 bits per heavy atom. The molecule has 0 aliphatic carbocycles. The first kappa shape index (κ1) is 24.7. The second-order valence-corrected chi connectivity index (χ2v) is 8.94. The number of carbonyl (C=O) groups excluding carboxylic acids is 1. The summed E-state index contributed by atoms with van der Waals surface area (Å²) in [6.07, 6.45) is 2.99. The minimum absolute atomic E-state index is 0.0257. The van der Waals surface area contributed by atoms with Crippen LogP contribution in [0, 0.1) is 0 Å². The number of halogens is 3. The van der Waals surface area contributed by atoms with Crippen LogP contribution in [0.25, 0.3) is 10.9 Å². The van der Waals surface area contributed by atoms with Crippen LogP contribution in [0.2, 0.25) is 0 Å². The summed E-state index contributed by atoms with van der Waals surface area (Å²) in [5.41, 5.74) is 1.96. The van der Waals surface area contributed by atoms with Crippen LogP contribution in [0.5, 0.6) is 0 Å². The highest BCUT2D eigenvalue weighted by molar-refractivity contribution is 9.10. The minimum Gasteiger partial charge on any atom is -0.340 e. The number of anilines is 3. The molecular weight excluding hydrogens is 492 g/mol. The molecule has 0 aliphatic heterocycles. The minimum atomic E-state index is -3.06. The molecule has 0 fully saturated rings. The van der Waals surface area contributed by atoms with E-state index in [0.29, 0.717) is 34.9 Å². The van der Waals surface area contributed by atoms with Gasteiger partial charge in [-0.05, 0) is 69.9 Å². The Bertz CT molecular complexity index is 1150. The smallest absolute Gasteiger partial charge is 0.267 e. The Morgan fingerprint density at radius 2 is 1.97 bits per heavy atom. The molecule has 0 aliphatic rings. The van der Waals surface area contributed by atoms with Crippen molar-refractivity contribution in [2.24, 2.45) is 0 Å². The van der Waals surface area contributed by atoms with Crippen LogP contribution in [-0.2, 0) is 4.79 Å². The maximum Gasteiger partial charge on any atom is 0.267 e. The molecule has 33 heavy (non-hydrogen) atoms. The Kier molecular flexibility index (Phi) is 8.10. The van der Waals surface area contributed by atoms with Crippen molar-refractivity contribution in [1.29, 1.82) is 0 Å². The van der Waals surface area contributed by atoms with Crippen molar-refractivity contribution in [2.75, 3.05) is 24.7 Å². The van der Waals surface area contributed by atoms with Gasteiger partial charge in [-0.25, -0.2) is 18.7 Å². The van der Waals surface area contributed by atoms with Crippen molar-refractivity contribution < 1.29 is 13.6 Å². The summed E-state index contributed by atoms with van der Waals surface area (Å²) >= 11 is 3.43. The Labute approximate surface area is 200 Å². The SMILES string of the molecule is CC(CCC(F)(F)C=CC(=O)Nc1ccc2ncnc(Nc3cccc(Br)c3)c2c1)N(C)C. The average molecular weight is 518 g/mol. The number of amides is 1. The van der Waals surface area contributed by atoms with E-state index in [1.807, 2.05) is 50.2 Å². The van der Waals surface area contributed by atoms with E-state index in [9.17, 15) is 13.6 Å². The number of carbonyl (C=O) groups is 1. The highest BCUT2D eigenvalue weighted by Crippen LogP contribution is 2.27. The maximum absolute atomic E-state index is 14.1. The lowest BCUT2D eigenvalue weighted by molar-refractivity contribution is -0.112. The Hall–Kier alpha value is -2.91. The number of alkyl halides is 2. The van der Waals surface area contributed by atoms with Crippen LogP contribution in [-0.4, -0.2) is 46.8 Å². The molecule has 174 valence electrons. The van der Waals surface area contributed by atoms with Gasteiger partial charge in [0, 0.05) is 39.8 Å². The average Bonchev–Trinajstić information content (AvgIpc) is 2.76. The summed E-state index contributed by atoms with van der Waals surface area (Å²) in [5.74, 6) is -3.13. The van der Waals surface area contributed by atoms with E-state index in [1.165, 1.54) is 6.33 Å². The third kappa shape index (κ3) is 7.30. The molecule has 3 rings (SSSR count). The second kappa shape index (κ2) is 10.8. The van der Waals surface area contributed by atoms with Gasteiger partial charge in [0.05, 0.1) is 5.52 Å². The van der Waals surface area contributed by atoms with E-state index < -0.39 is 11.8 Å². The van der Waals surface area contributed by atoms with Crippen LogP contribution in [0.3, 0.4) is 0 Å². The lowest BCUT2D eigenvalue weighted by Crippen LogP contribution is -2.27. The van der Waals surface area contributed by atoms with E-state index >= 15 is 0 Å². The summed E-state index contributed by atoms with van der Waals surface area (Å²) < 4.78 is 29.2. The number of rotatable bonds is 9. The third-order valence-electron chi connectivity index (χ3n) is 5.25. The standard InChI is InChI=1S/C24H26BrF2N5O/c1-16(32(2)3)9-11-24(26,27)12-10-22(33)30-19-7-8-21-20(14-19)23(29-15-28-21)31-18-6-4-5-17(25)13-18/h4-8,10,12-16H,9,11H2,1-3H3,(H,30,33)(H,28,29,31). The van der Waals surface area contributed by atoms with Crippen molar-refractivity contribution in [3.63, 3.8) is 0 Å². The number of nitrogens with one attached hydrogen (secondary N) is 2. The Balaban J connectivity index is 1.71. The van der Waals surface area contributed by atoms with Crippen molar-refractivity contribution in [3.8, 4) is 0 Å². The highest BCUT2D eigenvalue weighted by Gasteiger charge is 2.26. The predicted molar refractivity (Wildman–Crippen MR) is 132 cm³/mol. The molecule has 2 aromatic carbocycles. The quantitative estimate of drug-likeness (QED) is 0.341. The van der Waals surface area contributed by atoms with Crippen LogP contribution < -0.4 is 10.6 Å². The number of nitrogens with zero attached hydrogens (tertiary/aromatic N) is 3. The van der Waals surface area contributed by atoms with E-state index in [2.05, 4.69) is 36.5 Å². The zero-order chi connectivity index (χ0) is 24.0. The fraction of sp³-hybridized carbons (Fsp3) is 0.292. The summed E-state index contributed by atoms with van der Waals surface area (Å²) in [6.45, 7) is 1.88. The Morgan fingerprint density at radius 1 is 1.18 bits per heavy atom. The van der Waals surface area contributed by atoms with Crippen molar-refractivity contribution in [1.82, 2.24) is 14.9 Å². The molecule has 0 spiro atoms. The fourth-order valence-electron chi connectivity index (χ4n) is 3.06. The third-order valence-corrected chi connectivity index (χ3v) is 5.74. The van der Waals surface area contributed by atoms with E-state index in [1.54, 1.807) is 18.2 Å². The van der Waals surface area contributed by atoms with Gasteiger partial charge in [-0.3, -0.25) is 4.79 Å². The monoisotopic (exact) mass is 517 g/mol. The summed E-state index contributed by atoms with van der Waals surface area (Å²) in [5, 5.41) is 6.55. The first-order chi connectivity index (χ1) is 15.6. The molecule has 1 atom stereocenters. The number of aromatic nitrogens is 2. The normalized spacial score (nSPS) is 12.9. The maximum atomic E-state index is 14.1. The lowest BCUT2D eigenvalue weighted by atomic mass is 10.1. The van der Waals surface area contributed by atoms with Crippen LogP contribution in [0.15, 0.2) is 65.4 Å². The molecule has 0 saturated carbocycles. The van der Waals surface area contributed by atoms with Crippen LogP contribution in [0.1, 0.15) is 19.8 Å². The number of allylic oxidation sites excluding steroid dienone is 1. The van der Waals surface area contributed by atoms with Gasteiger partial charge < -0.3 is 15.5 Å². The molecule has 1 heterocycles. The van der Waals surface area contributed by atoms with Gasteiger partial charge in [-0.15, -0.1) is 0 Å². The number of benzene rings is 2. The van der Waals surface area contributed by atoms with Crippen molar-refractivity contribution in [3.05, 3.63) is 65.4 Å². The number of fused-ring (bicyclic) bond motifs is 1. The van der Waals surface area contributed by atoms with Crippen LogP contribution in [0.4, 0.5) is 26.0 Å². The van der Waals surface area contributed by atoms with Gasteiger partial charge in [-0.1, -0.05) is 22.0 Å². The van der Waals surface area contributed by atoms with E-state index in [0.717, 1.165) is 16.2 Å². The van der Waals surface area contributed by atoms with Gasteiger partial charge in [0.2, 0.25) is 5.91 Å². The van der Waals surface area contributed by atoms with E-state index in [-0.39, 0.29) is 12.5 Å². The van der Waals surface area contributed by atoms with Gasteiger partial charge >= 0.3 is 0 Å². The summed E-state index contributed by atoms with van der Waals surface area (Å²) in [7, 11) is 3.70. The van der Waals surface area contributed by atoms with Crippen molar-refractivity contribution >= 4 is 49.9 Å². The van der Waals surface area contributed by atoms with Gasteiger partial charge in [0.25, 0.3) is 5.92 Å². The highest BCUT2D eigenvalue weighted by atomic mass is 79.9. The predicted octanol–water partition coefficient (Wildman–Crippen LogP) is 6.00. The van der Waals surface area contributed by atoms with Gasteiger partial charge in [0.15, 0.2) is 0 Å². The molecule has 1 aromatic heterocycles. The molecule has 1 amide bonds. The molecule has 0 saturated heterocycles. The fourth-order valence-corrected chi connectivity index (χ4v) is 3.46. The number of hydrogen-bond acceptors (Lipinski definition) is 5. The van der Waals surface area contributed by atoms with E-state index in [4.69, 9.17) is 0 Å². The largest absolute Gasteiger partial charge is 0.340 e. The molecule has 1 unspecified atom stereocenters. The topological polar surface area (TPSA) is 70.1 Å². The van der Waals surface area contributed by atoms with Crippen LogP contribution >= 0.6 is 15.9 Å². The van der Waals surface area contributed by atoms with Crippen molar-refractivity contribution in [2.45, 2.75) is 31.7 Å². The summed E-state index contributed by atoms with van der Waals surface area (Å²) in [4.78, 5) is 22.7. The number of hydrogen-bond donors (Lipinski definition) is 2.